The van der Waals surface area contributed by atoms with Gasteiger partial charge < -0.3 is 15.5 Å². The van der Waals surface area contributed by atoms with Crippen molar-refractivity contribution in [3.8, 4) is 6.19 Å². The number of carbonyl (C=O) groups excluding carboxylic acids is 1. The molecule has 2 aliphatic heterocycles. The standard InChI is InChI=1S/C16H27N5OS/c1-4-5-6-7-8-16(21-11-13(22)19-14(21)23)15(2,3)18-9-10-20(16)12-17/h18H,4-11H2,1-3H3,(H,19,22,23). The number of hydrogen-bond donors (Lipinski definition) is 2. The van der Waals surface area contributed by atoms with E-state index in [1.54, 1.807) is 0 Å². The molecular weight excluding hydrogens is 310 g/mol. The van der Waals surface area contributed by atoms with Crippen LogP contribution in [0.1, 0.15) is 52.9 Å². The molecule has 2 saturated heterocycles. The van der Waals surface area contributed by atoms with Crippen LogP contribution in [0.5, 0.6) is 0 Å². The Morgan fingerprint density at radius 3 is 2.65 bits per heavy atom. The van der Waals surface area contributed by atoms with Crippen molar-refractivity contribution < 1.29 is 4.79 Å². The summed E-state index contributed by atoms with van der Waals surface area (Å²) in [5, 5.41) is 16.4. The van der Waals surface area contributed by atoms with E-state index in [9.17, 15) is 10.1 Å². The van der Waals surface area contributed by atoms with E-state index >= 15 is 0 Å². The lowest BCUT2D eigenvalue weighted by Gasteiger charge is -2.59. The molecule has 6 nitrogen and oxygen atoms in total. The molecule has 0 aliphatic carbocycles. The number of nitrogens with zero attached hydrogens (tertiary/aromatic N) is 3. The van der Waals surface area contributed by atoms with Crippen LogP contribution in [-0.2, 0) is 4.79 Å². The van der Waals surface area contributed by atoms with Crippen LogP contribution in [0.25, 0.3) is 0 Å². The van der Waals surface area contributed by atoms with Crippen molar-refractivity contribution in [1.29, 1.82) is 5.26 Å². The second kappa shape index (κ2) is 7.02. The minimum absolute atomic E-state index is 0.0952. The number of nitrogens with one attached hydrogen (secondary N) is 2. The van der Waals surface area contributed by atoms with Crippen molar-refractivity contribution in [3.63, 3.8) is 0 Å². The Morgan fingerprint density at radius 1 is 1.35 bits per heavy atom. The van der Waals surface area contributed by atoms with E-state index in [4.69, 9.17) is 12.2 Å². The molecule has 2 N–H and O–H groups in total. The van der Waals surface area contributed by atoms with Crippen LogP contribution in [0, 0.1) is 11.5 Å². The maximum absolute atomic E-state index is 11.9. The molecule has 2 rings (SSSR count). The van der Waals surface area contributed by atoms with Gasteiger partial charge in [0, 0.05) is 13.1 Å². The molecule has 0 aromatic heterocycles. The number of nitriles is 1. The van der Waals surface area contributed by atoms with E-state index in [0.717, 1.165) is 25.8 Å². The Bertz CT molecular complexity index is 515. The Labute approximate surface area is 144 Å². The molecule has 2 fully saturated rings. The van der Waals surface area contributed by atoms with Crippen LogP contribution >= 0.6 is 12.2 Å². The van der Waals surface area contributed by atoms with E-state index in [1.165, 1.54) is 12.8 Å². The maximum Gasteiger partial charge on any atom is 0.245 e. The minimum atomic E-state index is -0.607. The van der Waals surface area contributed by atoms with E-state index in [1.807, 2.05) is 9.80 Å². The van der Waals surface area contributed by atoms with Crippen molar-refractivity contribution in [3.05, 3.63) is 0 Å². The number of carbonyl (C=O) groups is 1. The molecule has 1 amide bonds. The first kappa shape index (κ1) is 18.0. The van der Waals surface area contributed by atoms with Crippen molar-refractivity contribution in [1.82, 2.24) is 20.4 Å². The predicted molar refractivity (Wildman–Crippen MR) is 93.3 cm³/mol. The van der Waals surface area contributed by atoms with Gasteiger partial charge in [-0.3, -0.25) is 9.69 Å². The molecule has 0 aromatic rings. The zero-order valence-electron chi connectivity index (χ0n) is 14.3. The molecule has 0 radical (unpaired) electrons. The third kappa shape index (κ3) is 3.15. The fourth-order valence-corrected chi connectivity index (χ4v) is 4.21. The quantitative estimate of drug-likeness (QED) is 0.435. The lowest BCUT2D eigenvalue weighted by atomic mass is 9.78. The average Bonchev–Trinajstić information content (AvgIpc) is 2.83. The normalized spacial score (nSPS) is 27.0. The molecule has 1 atom stereocenters. The van der Waals surface area contributed by atoms with Crippen LogP contribution < -0.4 is 10.6 Å². The van der Waals surface area contributed by atoms with E-state index < -0.39 is 5.66 Å². The molecule has 1 unspecified atom stereocenters. The summed E-state index contributed by atoms with van der Waals surface area (Å²) in [5.74, 6) is -0.0952. The predicted octanol–water partition coefficient (Wildman–Crippen LogP) is 1.53. The number of thiocarbonyl (C=S) groups is 1. The Morgan fingerprint density at radius 2 is 2.09 bits per heavy atom. The minimum Gasteiger partial charge on any atom is -0.314 e. The van der Waals surface area contributed by atoms with Gasteiger partial charge in [-0.25, -0.2) is 0 Å². The summed E-state index contributed by atoms with van der Waals surface area (Å²) in [7, 11) is 0. The average molecular weight is 337 g/mol. The van der Waals surface area contributed by atoms with Gasteiger partial charge >= 0.3 is 0 Å². The van der Waals surface area contributed by atoms with Crippen LogP contribution in [0.15, 0.2) is 0 Å². The lowest BCUT2D eigenvalue weighted by Crippen LogP contribution is -2.78. The second-order valence-electron chi connectivity index (χ2n) is 6.87. The summed E-state index contributed by atoms with van der Waals surface area (Å²) in [6, 6.07) is 0. The first-order valence-corrected chi connectivity index (χ1v) is 8.83. The lowest BCUT2D eigenvalue weighted by molar-refractivity contribution is -0.122. The molecule has 0 saturated carbocycles. The Hall–Kier alpha value is -1.39. The summed E-state index contributed by atoms with van der Waals surface area (Å²) < 4.78 is 0. The molecule has 2 aliphatic rings. The third-order valence-electron chi connectivity index (χ3n) is 5.09. The van der Waals surface area contributed by atoms with Gasteiger partial charge in [0.05, 0.1) is 5.54 Å². The fraction of sp³-hybridized carbons (Fsp3) is 0.812. The van der Waals surface area contributed by atoms with Gasteiger partial charge in [-0.05, 0) is 38.9 Å². The first-order chi connectivity index (χ1) is 10.9. The van der Waals surface area contributed by atoms with Gasteiger partial charge in [0.25, 0.3) is 0 Å². The second-order valence-corrected chi connectivity index (χ2v) is 7.26. The number of unbranched alkanes of at least 4 members (excludes halogenated alkanes) is 3. The zero-order valence-corrected chi connectivity index (χ0v) is 15.1. The molecule has 0 aromatic carbocycles. The van der Waals surface area contributed by atoms with Crippen LogP contribution in [0.3, 0.4) is 0 Å². The summed E-state index contributed by atoms with van der Waals surface area (Å²) >= 11 is 5.41. The summed E-state index contributed by atoms with van der Waals surface area (Å²) in [6.07, 6.45) is 7.63. The van der Waals surface area contributed by atoms with E-state index in [0.29, 0.717) is 11.7 Å². The summed E-state index contributed by atoms with van der Waals surface area (Å²) in [4.78, 5) is 15.6. The van der Waals surface area contributed by atoms with Crippen molar-refractivity contribution in [2.75, 3.05) is 19.6 Å². The molecule has 7 heteroatoms. The highest BCUT2D eigenvalue weighted by molar-refractivity contribution is 7.80. The van der Waals surface area contributed by atoms with Crippen LogP contribution in [0.4, 0.5) is 0 Å². The largest absolute Gasteiger partial charge is 0.314 e. The van der Waals surface area contributed by atoms with Gasteiger partial charge in [0.1, 0.15) is 12.2 Å². The highest BCUT2D eigenvalue weighted by atomic mass is 32.1. The topological polar surface area (TPSA) is 71.4 Å². The van der Waals surface area contributed by atoms with Gasteiger partial charge in [-0.2, -0.15) is 5.26 Å². The fourth-order valence-electron chi connectivity index (χ4n) is 3.88. The number of hydrogen-bond acceptors (Lipinski definition) is 5. The SMILES string of the molecule is CCCCCCC1(N2CC(=O)NC2=S)N(C#N)CCNC1(C)C. The summed E-state index contributed by atoms with van der Waals surface area (Å²) in [5.41, 5.74) is -0.965. The molecule has 2 heterocycles. The number of piperazine rings is 1. The molecule has 0 spiro atoms. The Balaban J connectivity index is 2.38. The Kier molecular flexibility index (Phi) is 5.48. The van der Waals surface area contributed by atoms with E-state index in [2.05, 4.69) is 37.6 Å². The molecule has 23 heavy (non-hydrogen) atoms. The van der Waals surface area contributed by atoms with Crippen LogP contribution in [0.2, 0.25) is 0 Å². The first-order valence-electron chi connectivity index (χ1n) is 8.43. The molecular formula is C16H27N5OS. The van der Waals surface area contributed by atoms with Gasteiger partial charge in [-0.15, -0.1) is 0 Å². The molecule has 0 bridgehead atoms. The molecule has 128 valence electrons. The summed E-state index contributed by atoms with van der Waals surface area (Å²) in [6.45, 7) is 7.97. The van der Waals surface area contributed by atoms with Crippen molar-refractivity contribution >= 4 is 23.2 Å². The number of amides is 1. The van der Waals surface area contributed by atoms with Gasteiger partial charge in [0.15, 0.2) is 11.3 Å². The monoisotopic (exact) mass is 337 g/mol. The highest BCUT2D eigenvalue weighted by Gasteiger charge is 2.57. The third-order valence-corrected chi connectivity index (χ3v) is 5.41. The van der Waals surface area contributed by atoms with Crippen molar-refractivity contribution in [2.24, 2.45) is 0 Å². The van der Waals surface area contributed by atoms with Crippen molar-refractivity contribution in [2.45, 2.75) is 64.1 Å². The highest BCUT2D eigenvalue weighted by Crippen LogP contribution is 2.40. The smallest absolute Gasteiger partial charge is 0.245 e. The van der Waals surface area contributed by atoms with E-state index in [-0.39, 0.29) is 18.0 Å². The maximum atomic E-state index is 11.9. The number of rotatable bonds is 6. The van der Waals surface area contributed by atoms with Gasteiger partial charge in [0.2, 0.25) is 5.91 Å². The van der Waals surface area contributed by atoms with Gasteiger partial charge in [-0.1, -0.05) is 26.2 Å². The zero-order chi connectivity index (χ0) is 17.1. The van der Waals surface area contributed by atoms with Crippen LogP contribution in [-0.4, -0.2) is 51.7 Å².